The van der Waals surface area contributed by atoms with Gasteiger partial charge in [-0.2, -0.15) is 0 Å². The maximum absolute atomic E-state index is 13.9. The van der Waals surface area contributed by atoms with Crippen LogP contribution in [0.5, 0.6) is 0 Å². The summed E-state index contributed by atoms with van der Waals surface area (Å²) < 4.78 is 32.8. The number of nitrogens with one attached hydrogen (secondary N) is 1. The monoisotopic (exact) mass is 288 g/mol. The van der Waals surface area contributed by atoms with Gasteiger partial charge in [0.05, 0.1) is 0 Å². The lowest BCUT2D eigenvalue weighted by atomic mass is 10.0. The zero-order valence-electron chi connectivity index (χ0n) is 11.4. The summed E-state index contributed by atoms with van der Waals surface area (Å²) in [6.45, 7) is 0. The van der Waals surface area contributed by atoms with Gasteiger partial charge in [-0.1, -0.05) is 24.3 Å². The lowest BCUT2D eigenvalue weighted by molar-refractivity contribution is 0.443. The van der Waals surface area contributed by atoms with E-state index >= 15 is 0 Å². The predicted molar refractivity (Wildman–Crippen MR) is 75.9 cm³/mol. The molecule has 0 radical (unpaired) electrons. The van der Waals surface area contributed by atoms with Gasteiger partial charge in [0.1, 0.15) is 5.52 Å². The van der Waals surface area contributed by atoms with Gasteiger partial charge < -0.3 is 9.73 Å². The Balaban J connectivity index is 1.92. The summed E-state index contributed by atoms with van der Waals surface area (Å²) in [5, 5.41) is 2.97. The minimum Gasteiger partial charge on any atom is -0.441 e. The van der Waals surface area contributed by atoms with Gasteiger partial charge in [-0.25, -0.2) is 13.8 Å². The smallest absolute Gasteiger partial charge is 0.197 e. The van der Waals surface area contributed by atoms with Crippen LogP contribution in [0.4, 0.5) is 8.78 Å². The third kappa shape index (κ3) is 2.64. The van der Waals surface area contributed by atoms with E-state index in [2.05, 4.69) is 10.3 Å². The van der Waals surface area contributed by atoms with E-state index in [0.717, 1.165) is 11.6 Å². The number of hydrogen-bond donors (Lipinski definition) is 1. The molecule has 0 aliphatic rings. The Morgan fingerprint density at radius 3 is 2.71 bits per heavy atom. The number of rotatable bonds is 4. The van der Waals surface area contributed by atoms with Crippen LogP contribution in [0.25, 0.3) is 11.1 Å². The number of benzene rings is 2. The van der Waals surface area contributed by atoms with E-state index in [1.807, 2.05) is 24.3 Å². The fourth-order valence-corrected chi connectivity index (χ4v) is 2.34. The van der Waals surface area contributed by atoms with Crippen LogP contribution in [0.1, 0.15) is 17.5 Å². The molecule has 1 aromatic heterocycles. The van der Waals surface area contributed by atoms with Crippen molar-refractivity contribution in [1.29, 1.82) is 0 Å². The van der Waals surface area contributed by atoms with E-state index in [1.54, 1.807) is 13.1 Å². The Bertz CT molecular complexity index is 737. The lowest BCUT2D eigenvalue weighted by Gasteiger charge is -2.15. The minimum absolute atomic E-state index is 0.264. The van der Waals surface area contributed by atoms with E-state index < -0.39 is 17.7 Å². The number of hydrogen-bond acceptors (Lipinski definition) is 3. The Kier molecular flexibility index (Phi) is 3.66. The lowest BCUT2D eigenvalue weighted by Crippen LogP contribution is -2.20. The molecule has 0 aliphatic heterocycles. The van der Waals surface area contributed by atoms with Gasteiger partial charge in [0, 0.05) is 18.0 Å². The van der Waals surface area contributed by atoms with E-state index in [-0.39, 0.29) is 5.56 Å². The fraction of sp³-hybridized carbons (Fsp3) is 0.188. The molecule has 21 heavy (non-hydrogen) atoms. The van der Waals surface area contributed by atoms with Crippen molar-refractivity contribution in [1.82, 2.24) is 10.3 Å². The van der Waals surface area contributed by atoms with Gasteiger partial charge in [-0.15, -0.1) is 0 Å². The molecule has 3 rings (SSSR count). The summed E-state index contributed by atoms with van der Waals surface area (Å²) in [4.78, 5) is 4.36. The summed E-state index contributed by atoms with van der Waals surface area (Å²) in [5.74, 6) is -1.21. The zero-order valence-corrected chi connectivity index (χ0v) is 11.4. The highest BCUT2D eigenvalue weighted by atomic mass is 19.2. The highest BCUT2D eigenvalue weighted by Crippen LogP contribution is 2.24. The van der Waals surface area contributed by atoms with Crippen LogP contribution in [-0.2, 0) is 6.42 Å². The number of para-hydroxylation sites is 2. The molecule has 108 valence electrons. The number of oxazole rings is 1. The Morgan fingerprint density at radius 1 is 1.14 bits per heavy atom. The van der Waals surface area contributed by atoms with Gasteiger partial charge in [-0.3, -0.25) is 0 Å². The quantitative estimate of drug-likeness (QED) is 0.797. The normalized spacial score (nSPS) is 12.7. The zero-order chi connectivity index (χ0) is 14.8. The topological polar surface area (TPSA) is 38.1 Å². The van der Waals surface area contributed by atoms with Crippen LogP contribution >= 0.6 is 0 Å². The SMILES string of the molecule is CNC(Cc1nc2ccccc2o1)c1cccc(F)c1F. The number of likely N-dealkylation sites (N-methyl/N-ethyl adjacent to an activating group) is 1. The van der Waals surface area contributed by atoms with Gasteiger partial charge >= 0.3 is 0 Å². The first kappa shape index (κ1) is 13.7. The molecule has 5 heteroatoms. The summed E-state index contributed by atoms with van der Waals surface area (Å²) in [5.41, 5.74) is 1.70. The molecule has 2 aromatic carbocycles. The van der Waals surface area contributed by atoms with Gasteiger partial charge in [0.2, 0.25) is 0 Å². The molecular formula is C16H14F2N2O. The molecule has 0 saturated carbocycles. The third-order valence-electron chi connectivity index (χ3n) is 3.42. The summed E-state index contributed by atoms with van der Waals surface area (Å²) in [6, 6.07) is 11.1. The second-order valence-electron chi connectivity index (χ2n) is 4.76. The first-order valence-electron chi connectivity index (χ1n) is 6.64. The van der Waals surface area contributed by atoms with Crippen molar-refractivity contribution in [3.8, 4) is 0 Å². The molecule has 1 atom stereocenters. The van der Waals surface area contributed by atoms with Crippen molar-refractivity contribution >= 4 is 11.1 Å². The fourth-order valence-electron chi connectivity index (χ4n) is 2.34. The molecular weight excluding hydrogens is 274 g/mol. The van der Waals surface area contributed by atoms with E-state index in [9.17, 15) is 8.78 Å². The van der Waals surface area contributed by atoms with Crippen LogP contribution in [0.15, 0.2) is 46.9 Å². The van der Waals surface area contributed by atoms with Crippen molar-refractivity contribution in [3.63, 3.8) is 0 Å². The minimum atomic E-state index is -0.856. The molecule has 0 amide bonds. The maximum Gasteiger partial charge on any atom is 0.197 e. The van der Waals surface area contributed by atoms with Crippen LogP contribution in [0, 0.1) is 11.6 Å². The third-order valence-corrected chi connectivity index (χ3v) is 3.42. The molecule has 1 unspecified atom stereocenters. The predicted octanol–water partition coefficient (Wildman–Crippen LogP) is 3.61. The van der Waals surface area contributed by atoms with Crippen LogP contribution < -0.4 is 5.32 Å². The van der Waals surface area contributed by atoms with Crippen LogP contribution in [0.3, 0.4) is 0 Å². The van der Waals surface area contributed by atoms with Crippen molar-refractivity contribution in [3.05, 3.63) is 65.6 Å². The van der Waals surface area contributed by atoms with Crippen LogP contribution in [0.2, 0.25) is 0 Å². The molecule has 1 N–H and O–H groups in total. The summed E-state index contributed by atoms with van der Waals surface area (Å²) in [7, 11) is 1.69. The number of nitrogens with zero attached hydrogens (tertiary/aromatic N) is 1. The van der Waals surface area contributed by atoms with Gasteiger partial charge in [0.15, 0.2) is 23.1 Å². The number of fused-ring (bicyclic) bond motifs is 1. The first-order chi connectivity index (χ1) is 10.2. The standard InChI is InChI=1S/C16H14F2N2O/c1-19-13(10-5-4-6-11(17)16(10)18)9-15-20-12-7-2-3-8-14(12)21-15/h2-8,13,19H,9H2,1H3. The molecule has 0 bridgehead atoms. The second kappa shape index (κ2) is 5.61. The highest BCUT2D eigenvalue weighted by molar-refractivity contribution is 5.72. The molecule has 0 saturated heterocycles. The number of aromatic nitrogens is 1. The van der Waals surface area contributed by atoms with E-state index in [4.69, 9.17) is 4.42 Å². The number of halogens is 2. The van der Waals surface area contributed by atoms with Crippen molar-refractivity contribution in [2.24, 2.45) is 0 Å². The van der Waals surface area contributed by atoms with Gasteiger partial charge in [0.25, 0.3) is 0 Å². The Hall–Kier alpha value is -2.27. The summed E-state index contributed by atoms with van der Waals surface area (Å²) in [6.07, 6.45) is 0.339. The average Bonchev–Trinajstić information content (AvgIpc) is 2.90. The Labute approximate surface area is 120 Å². The highest BCUT2D eigenvalue weighted by Gasteiger charge is 2.19. The van der Waals surface area contributed by atoms with E-state index in [1.165, 1.54) is 6.07 Å². The maximum atomic E-state index is 13.9. The molecule has 0 aliphatic carbocycles. The van der Waals surface area contributed by atoms with Gasteiger partial charge in [-0.05, 0) is 25.2 Å². The van der Waals surface area contributed by atoms with E-state index in [0.29, 0.717) is 17.9 Å². The molecule has 0 fully saturated rings. The largest absolute Gasteiger partial charge is 0.441 e. The molecule has 1 heterocycles. The molecule has 0 spiro atoms. The molecule has 3 nitrogen and oxygen atoms in total. The van der Waals surface area contributed by atoms with Crippen molar-refractivity contribution < 1.29 is 13.2 Å². The molecule has 3 aromatic rings. The summed E-state index contributed by atoms with van der Waals surface area (Å²) >= 11 is 0. The van der Waals surface area contributed by atoms with Crippen molar-refractivity contribution in [2.45, 2.75) is 12.5 Å². The Morgan fingerprint density at radius 2 is 1.95 bits per heavy atom. The second-order valence-corrected chi connectivity index (χ2v) is 4.76. The average molecular weight is 288 g/mol. The van der Waals surface area contributed by atoms with Crippen LogP contribution in [-0.4, -0.2) is 12.0 Å². The first-order valence-corrected chi connectivity index (χ1v) is 6.64. The van der Waals surface area contributed by atoms with Crippen molar-refractivity contribution in [2.75, 3.05) is 7.05 Å².